The van der Waals surface area contributed by atoms with Gasteiger partial charge in [-0.1, -0.05) is 20.8 Å². The Morgan fingerprint density at radius 2 is 1.75 bits per heavy atom. The van der Waals surface area contributed by atoms with Gasteiger partial charge in [-0.25, -0.2) is 0 Å². The first-order valence-electron chi connectivity index (χ1n) is 12.7. The Labute approximate surface area is 217 Å². The molecule has 0 aromatic carbocycles. The highest BCUT2D eigenvalue weighted by Crippen LogP contribution is 2.58. The average molecular weight is 531 g/mol. The van der Waals surface area contributed by atoms with E-state index in [4.69, 9.17) is 30.5 Å². The number of halogens is 1. The first-order chi connectivity index (χ1) is 16.7. The minimum atomic E-state index is -1.83. The van der Waals surface area contributed by atoms with Gasteiger partial charge in [0.1, 0.15) is 29.2 Å². The maximum Gasteiger partial charge on any atom is 0.303 e. The molecule has 204 valence electrons. The van der Waals surface area contributed by atoms with Crippen molar-refractivity contribution in [3.63, 3.8) is 0 Å². The molecule has 0 aromatic rings. The molecule has 3 rings (SSSR count). The number of carbonyl (C=O) groups excluding carboxylic acids is 4. The summed E-state index contributed by atoms with van der Waals surface area (Å²) in [5.74, 6) is -4.11. The van der Waals surface area contributed by atoms with E-state index in [0.717, 1.165) is 0 Å². The van der Waals surface area contributed by atoms with Gasteiger partial charge in [0, 0.05) is 50.9 Å². The highest BCUT2D eigenvalue weighted by Gasteiger charge is 2.70. The summed E-state index contributed by atoms with van der Waals surface area (Å²) in [7, 11) is 0. The minimum absolute atomic E-state index is 0.0148. The number of esters is 3. The van der Waals surface area contributed by atoms with E-state index < -0.39 is 71.3 Å². The third-order valence-corrected chi connectivity index (χ3v) is 8.67. The minimum Gasteiger partial charge on any atom is -0.458 e. The van der Waals surface area contributed by atoms with Crippen molar-refractivity contribution in [2.24, 2.45) is 29.6 Å². The molecule has 0 aromatic heterocycles. The van der Waals surface area contributed by atoms with Crippen molar-refractivity contribution in [1.29, 1.82) is 0 Å². The summed E-state index contributed by atoms with van der Waals surface area (Å²) in [5, 5.41) is 12.2. The van der Waals surface area contributed by atoms with E-state index in [0.29, 0.717) is 6.42 Å². The SMILES string of the molecule is CC(=O)O[C@H]1[C@H](C(C)C)[C@@H]2[C@@H]([C@H]3C[C@@H](C)C(=O)CC[C@@](C)(OC(C)=O)[C@@H]2O3)[C@](O)(CCl)[C@H]1OC(C)=O. The predicted octanol–water partition coefficient (Wildman–Crippen LogP) is 2.82. The number of alkyl halides is 1. The van der Waals surface area contributed by atoms with Crippen molar-refractivity contribution in [1.82, 2.24) is 0 Å². The zero-order valence-corrected chi connectivity index (χ0v) is 22.9. The smallest absolute Gasteiger partial charge is 0.303 e. The van der Waals surface area contributed by atoms with Crippen LogP contribution in [0.15, 0.2) is 0 Å². The summed E-state index contributed by atoms with van der Waals surface area (Å²) >= 11 is 6.43. The van der Waals surface area contributed by atoms with Crippen LogP contribution < -0.4 is 0 Å². The highest BCUT2D eigenvalue weighted by molar-refractivity contribution is 6.18. The molecule has 0 unspecified atom stereocenters. The van der Waals surface area contributed by atoms with Crippen LogP contribution >= 0.6 is 11.6 Å². The quantitative estimate of drug-likeness (QED) is 0.324. The number of hydrogen-bond donors (Lipinski definition) is 1. The van der Waals surface area contributed by atoms with E-state index in [2.05, 4.69) is 0 Å². The molecular formula is C26H39ClO9. The van der Waals surface area contributed by atoms with E-state index in [1.54, 1.807) is 6.92 Å². The molecule has 1 saturated carbocycles. The summed E-state index contributed by atoms with van der Waals surface area (Å²) in [6.07, 6.45) is -2.83. The lowest BCUT2D eigenvalue weighted by Crippen LogP contribution is -2.70. The van der Waals surface area contributed by atoms with Crippen LogP contribution in [0.2, 0.25) is 0 Å². The summed E-state index contributed by atoms with van der Waals surface area (Å²) in [5.41, 5.74) is -3.01. The monoisotopic (exact) mass is 530 g/mol. The number of hydrogen-bond acceptors (Lipinski definition) is 9. The van der Waals surface area contributed by atoms with E-state index >= 15 is 0 Å². The predicted molar refractivity (Wildman–Crippen MR) is 129 cm³/mol. The third-order valence-electron chi connectivity index (χ3n) is 8.24. The summed E-state index contributed by atoms with van der Waals surface area (Å²) < 4.78 is 23.9. The lowest BCUT2D eigenvalue weighted by Gasteiger charge is -2.55. The van der Waals surface area contributed by atoms with Gasteiger partial charge in [0.15, 0.2) is 6.10 Å². The van der Waals surface area contributed by atoms with Crippen molar-refractivity contribution >= 4 is 35.3 Å². The number of rotatable bonds is 5. The van der Waals surface area contributed by atoms with E-state index in [1.165, 1.54) is 20.8 Å². The van der Waals surface area contributed by atoms with Crippen LogP contribution in [0, 0.1) is 29.6 Å². The Morgan fingerprint density at radius 3 is 2.25 bits per heavy atom. The summed E-state index contributed by atoms with van der Waals surface area (Å²) in [4.78, 5) is 49.5. The van der Waals surface area contributed by atoms with Gasteiger partial charge >= 0.3 is 17.9 Å². The second-order valence-corrected chi connectivity index (χ2v) is 11.5. The lowest BCUT2D eigenvalue weighted by atomic mass is 9.55. The third kappa shape index (κ3) is 5.16. The normalized spacial score (nSPS) is 42.6. The van der Waals surface area contributed by atoms with E-state index in [9.17, 15) is 24.3 Å². The molecule has 1 aliphatic carbocycles. The number of ether oxygens (including phenoxy) is 4. The van der Waals surface area contributed by atoms with Crippen molar-refractivity contribution in [3.05, 3.63) is 0 Å². The van der Waals surface area contributed by atoms with Gasteiger partial charge in [0.2, 0.25) is 0 Å². The van der Waals surface area contributed by atoms with E-state index in [1.807, 2.05) is 20.8 Å². The Balaban J connectivity index is 2.27. The molecule has 3 fully saturated rings. The molecule has 3 aliphatic rings. The van der Waals surface area contributed by atoms with Crippen LogP contribution in [0.25, 0.3) is 0 Å². The van der Waals surface area contributed by atoms with Gasteiger partial charge in [-0.3, -0.25) is 19.2 Å². The van der Waals surface area contributed by atoms with E-state index in [-0.39, 0.29) is 36.3 Å². The van der Waals surface area contributed by atoms with Crippen molar-refractivity contribution < 1.29 is 43.2 Å². The number of fused-ring (bicyclic) bond motifs is 5. The molecule has 2 heterocycles. The Bertz CT molecular complexity index is 891. The standard InChI is InChI=1S/C26H39ClO9/c1-12(2)19-20-21(26(32,11-27)24(34-15(5)29)22(19)33-14(4)28)18-10-13(3)17(31)8-9-25(7,23(20)35-18)36-16(6)30/h12-13,18-24,32H,8-11H2,1-7H3/t13-,18-,19-,20-,21-,22+,23-,24+,25-,26-/m1/s1. The molecule has 0 radical (unpaired) electrons. The first-order valence-corrected chi connectivity index (χ1v) is 13.2. The maximum absolute atomic E-state index is 12.9. The second-order valence-electron chi connectivity index (χ2n) is 11.3. The second kappa shape index (κ2) is 10.6. The topological polar surface area (TPSA) is 125 Å². The largest absolute Gasteiger partial charge is 0.458 e. The fourth-order valence-electron chi connectivity index (χ4n) is 6.89. The number of ketones is 1. The molecule has 10 heteroatoms. The zero-order chi connectivity index (χ0) is 27.2. The van der Waals surface area contributed by atoms with Crippen LogP contribution in [0.4, 0.5) is 0 Å². The fraction of sp³-hybridized carbons (Fsp3) is 0.846. The first kappa shape index (κ1) is 28.9. The summed E-state index contributed by atoms with van der Waals surface area (Å²) in [6.45, 7) is 11.3. The molecule has 1 N–H and O–H groups in total. The fourth-order valence-corrected chi connectivity index (χ4v) is 7.22. The Hall–Kier alpha value is -1.71. The van der Waals surface area contributed by atoms with Gasteiger partial charge in [0.05, 0.1) is 12.0 Å². The van der Waals surface area contributed by atoms with Crippen LogP contribution in [0.1, 0.15) is 67.7 Å². The number of carbonyl (C=O) groups is 4. The highest BCUT2D eigenvalue weighted by atomic mass is 35.5. The number of Topliss-reactive ketones (excluding diaryl/α,β-unsaturated/α-hetero) is 1. The van der Waals surface area contributed by atoms with Crippen LogP contribution in [-0.4, -0.2) is 70.3 Å². The molecule has 10 atom stereocenters. The van der Waals surface area contributed by atoms with Crippen LogP contribution in [0.5, 0.6) is 0 Å². The average Bonchev–Trinajstić information content (AvgIpc) is 3.14. The Morgan fingerprint density at radius 1 is 1.14 bits per heavy atom. The van der Waals surface area contributed by atoms with Gasteiger partial charge < -0.3 is 24.1 Å². The van der Waals surface area contributed by atoms with Crippen LogP contribution in [0.3, 0.4) is 0 Å². The molecule has 2 aliphatic heterocycles. The summed E-state index contributed by atoms with van der Waals surface area (Å²) in [6, 6.07) is 0. The molecule has 0 spiro atoms. The van der Waals surface area contributed by atoms with Gasteiger partial charge in [0.25, 0.3) is 0 Å². The molecule has 36 heavy (non-hydrogen) atoms. The van der Waals surface area contributed by atoms with Crippen molar-refractivity contribution in [3.8, 4) is 0 Å². The number of aliphatic hydroxyl groups is 1. The van der Waals surface area contributed by atoms with Gasteiger partial charge in [-0.15, -0.1) is 11.6 Å². The van der Waals surface area contributed by atoms with Gasteiger partial charge in [-0.05, 0) is 25.7 Å². The van der Waals surface area contributed by atoms with Crippen molar-refractivity contribution in [2.75, 3.05) is 5.88 Å². The molecule has 0 amide bonds. The van der Waals surface area contributed by atoms with Crippen molar-refractivity contribution in [2.45, 2.75) is 103 Å². The maximum atomic E-state index is 12.9. The molecule has 2 bridgehead atoms. The lowest BCUT2D eigenvalue weighted by molar-refractivity contribution is -0.239. The zero-order valence-electron chi connectivity index (χ0n) is 22.1. The Kier molecular flexibility index (Phi) is 8.48. The molecule has 2 saturated heterocycles. The van der Waals surface area contributed by atoms with Crippen LogP contribution in [-0.2, 0) is 38.1 Å². The molecule has 9 nitrogen and oxygen atoms in total. The van der Waals surface area contributed by atoms with Gasteiger partial charge in [-0.2, -0.15) is 0 Å². The molecular weight excluding hydrogens is 492 g/mol.